The number of hydrogen-bond acceptors (Lipinski definition) is 23. The molecule has 5 saturated heterocycles. The van der Waals surface area contributed by atoms with Crippen molar-refractivity contribution < 1.29 is 108 Å². The maximum atomic E-state index is 12.0. The standard InChI is InChI=1S/C41H52O23/c1-15-9-24(45)56-19-10-17(7-8-18(15)19)55-39-30(51)34(25(46)20(11-42)57-39)63-41-32(53)36(27(48)22(13-44)59-41)64-40-31(52)35(26(47)21(12-43)58-40)62-38-29(50)28(49)33-23(60-38)14-54-37(61-33)16-5-3-2-4-6-16/h2-10,20-23,25-44,46-53H,11-14H2,1H3/t20-,21-,22-,23-,25-,26-,27-,28-,29-,30-,31-,32-,33-,34+,35+,36+,37?,38+,39-,40+,41+/m1/s1. The number of ether oxygens (including phenoxy) is 10. The molecule has 0 radical (unpaired) electrons. The summed E-state index contributed by atoms with van der Waals surface area (Å²) in [4.78, 5) is 12.0. The molecule has 23 heteroatoms. The first-order chi connectivity index (χ1) is 30.7. The summed E-state index contributed by atoms with van der Waals surface area (Å²) >= 11 is 0. The molecule has 354 valence electrons. The second kappa shape index (κ2) is 19.9. The fraction of sp³-hybridized carbons (Fsp3) is 0.634. The van der Waals surface area contributed by atoms with Crippen molar-refractivity contribution >= 4 is 11.0 Å². The molecule has 8 rings (SSSR count). The van der Waals surface area contributed by atoms with Gasteiger partial charge in [-0.05, 0) is 24.6 Å². The van der Waals surface area contributed by atoms with Gasteiger partial charge in [-0.15, -0.1) is 0 Å². The van der Waals surface area contributed by atoms with Crippen molar-refractivity contribution in [3.63, 3.8) is 0 Å². The highest BCUT2D eigenvalue weighted by Gasteiger charge is 2.56. The Labute approximate surface area is 362 Å². The van der Waals surface area contributed by atoms with Gasteiger partial charge in [-0.2, -0.15) is 0 Å². The van der Waals surface area contributed by atoms with Crippen molar-refractivity contribution in [3.8, 4) is 5.75 Å². The molecule has 0 spiro atoms. The summed E-state index contributed by atoms with van der Waals surface area (Å²) in [6.07, 6.45) is -35.2. The average Bonchev–Trinajstić information content (AvgIpc) is 3.29. The quantitative estimate of drug-likeness (QED) is 0.0763. The summed E-state index contributed by atoms with van der Waals surface area (Å²) in [5.41, 5.74) is 0.815. The Kier molecular flexibility index (Phi) is 14.6. The first kappa shape index (κ1) is 47.2. The van der Waals surface area contributed by atoms with Gasteiger partial charge in [0.2, 0.25) is 6.29 Å². The van der Waals surface area contributed by atoms with Crippen LogP contribution < -0.4 is 10.4 Å². The van der Waals surface area contributed by atoms with Gasteiger partial charge in [0.15, 0.2) is 25.2 Å². The Morgan fingerprint density at radius 3 is 1.64 bits per heavy atom. The topological polar surface area (TPSA) is 345 Å². The van der Waals surface area contributed by atoms with E-state index in [1.54, 1.807) is 43.3 Å². The molecule has 64 heavy (non-hydrogen) atoms. The number of benzene rings is 2. The van der Waals surface area contributed by atoms with E-state index in [9.17, 15) is 61.0 Å². The third kappa shape index (κ3) is 9.32. The molecular formula is C41H52O23. The Morgan fingerprint density at radius 1 is 0.578 bits per heavy atom. The normalized spacial score (nSPS) is 42.8. The van der Waals surface area contributed by atoms with Crippen LogP contribution in [0.15, 0.2) is 63.8 Å². The summed E-state index contributed by atoms with van der Waals surface area (Å²) in [5.74, 6) is 0.0431. The van der Waals surface area contributed by atoms with Crippen molar-refractivity contribution in [1.82, 2.24) is 0 Å². The third-order valence-electron chi connectivity index (χ3n) is 11.9. The fourth-order valence-electron chi connectivity index (χ4n) is 8.41. The predicted octanol–water partition coefficient (Wildman–Crippen LogP) is -4.49. The van der Waals surface area contributed by atoms with Crippen LogP contribution in [0.3, 0.4) is 0 Å². The van der Waals surface area contributed by atoms with E-state index < -0.39 is 155 Å². The molecule has 21 atom stereocenters. The molecule has 1 unspecified atom stereocenters. The SMILES string of the molecule is Cc1cc(=O)oc2cc(O[C@@H]3O[C@H](CO)[C@@H](O)[C@H](O[C@@H]4O[C@H](CO)[C@@H](O)[C@H](O[C@@H]5O[C@H](CO)[C@@H](O)[C@H](O[C@@H]6O[C@@H]7COC(c8ccccc8)O[C@H]7[C@H](O)[C@H]6O)[C@H]5O)[C@H]4O)[C@H]3O)ccc12. The molecule has 2 aromatic carbocycles. The van der Waals surface area contributed by atoms with E-state index in [4.69, 9.17) is 51.8 Å². The van der Waals surface area contributed by atoms with E-state index >= 15 is 0 Å². The molecule has 6 heterocycles. The Morgan fingerprint density at radius 2 is 1.09 bits per heavy atom. The number of fused-ring (bicyclic) bond motifs is 2. The number of hydrogen-bond donors (Lipinski definition) is 11. The monoisotopic (exact) mass is 912 g/mol. The summed E-state index contributed by atoms with van der Waals surface area (Å²) in [6, 6.07) is 14.6. The molecule has 0 amide bonds. The molecule has 5 aliphatic heterocycles. The van der Waals surface area contributed by atoms with Gasteiger partial charge in [0, 0.05) is 23.1 Å². The lowest BCUT2D eigenvalue weighted by Crippen LogP contribution is -2.68. The highest BCUT2D eigenvalue weighted by atomic mass is 16.8. The largest absolute Gasteiger partial charge is 0.462 e. The number of aliphatic hydroxyl groups is 11. The molecular weight excluding hydrogens is 860 g/mol. The predicted molar refractivity (Wildman–Crippen MR) is 206 cm³/mol. The van der Waals surface area contributed by atoms with Gasteiger partial charge in [0.25, 0.3) is 0 Å². The van der Waals surface area contributed by atoms with Crippen LogP contribution in [0.5, 0.6) is 5.75 Å². The number of rotatable bonds is 12. The maximum absolute atomic E-state index is 12.0. The second-order valence-corrected chi connectivity index (χ2v) is 16.1. The Hall–Kier alpha value is -3.35. The molecule has 0 saturated carbocycles. The van der Waals surface area contributed by atoms with Crippen LogP contribution in [-0.4, -0.2) is 205 Å². The highest BCUT2D eigenvalue weighted by molar-refractivity contribution is 5.81. The first-order valence-corrected chi connectivity index (χ1v) is 20.6. The van der Waals surface area contributed by atoms with E-state index in [0.717, 1.165) is 0 Å². The summed E-state index contributed by atoms with van der Waals surface area (Å²) in [5, 5.41) is 121. The van der Waals surface area contributed by atoms with Crippen LogP contribution in [-0.2, 0) is 42.6 Å². The van der Waals surface area contributed by atoms with Gasteiger partial charge in [-0.1, -0.05) is 30.3 Å². The van der Waals surface area contributed by atoms with Crippen molar-refractivity contribution in [2.45, 2.75) is 136 Å². The van der Waals surface area contributed by atoms with Crippen molar-refractivity contribution in [3.05, 3.63) is 76.1 Å². The summed E-state index contributed by atoms with van der Waals surface area (Å²) < 4.78 is 63.1. The van der Waals surface area contributed by atoms with Crippen LogP contribution in [0.4, 0.5) is 0 Å². The zero-order valence-corrected chi connectivity index (χ0v) is 34.0. The summed E-state index contributed by atoms with van der Waals surface area (Å²) in [6.45, 7) is -1.02. The zero-order chi connectivity index (χ0) is 45.6. The van der Waals surface area contributed by atoms with Crippen molar-refractivity contribution in [2.24, 2.45) is 0 Å². The Bertz CT molecular complexity index is 2060. The van der Waals surface area contributed by atoms with Crippen molar-refractivity contribution in [2.75, 3.05) is 26.4 Å². The molecule has 5 aliphatic rings. The second-order valence-electron chi connectivity index (χ2n) is 16.1. The van der Waals surface area contributed by atoms with E-state index in [-0.39, 0.29) is 17.9 Å². The van der Waals surface area contributed by atoms with Gasteiger partial charge in [-0.25, -0.2) is 4.79 Å². The zero-order valence-electron chi connectivity index (χ0n) is 34.0. The van der Waals surface area contributed by atoms with Crippen LogP contribution in [0.25, 0.3) is 11.0 Å². The first-order valence-electron chi connectivity index (χ1n) is 20.6. The van der Waals surface area contributed by atoms with Gasteiger partial charge < -0.3 is 108 Å². The van der Waals surface area contributed by atoms with Gasteiger partial charge in [-0.3, -0.25) is 0 Å². The fourth-order valence-corrected chi connectivity index (χ4v) is 8.41. The van der Waals surface area contributed by atoms with Gasteiger partial charge in [0.05, 0.1) is 26.4 Å². The lowest BCUT2D eigenvalue weighted by molar-refractivity contribution is -0.398. The Balaban J connectivity index is 0.961. The van der Waals surface area contributed by atoms with Crippen LogP contribution in [0, 0.1) is 6.92 Å². The van der Waals surface area contributed by atoms with E-state index in [1.165, 1.54) is 18.2 Å². The molecule has 11 N–H and O–H groups in total. The minimum Gasteiger partial charge on any atom is -0.462 e. The smallest absolute Gasteiger partial charge is 0.336 e. The van der Waals surface area contributed by atoms with Crippen LogP contribution >= 0.6 is 0 Å². The van der Waals surface area contributed by atoms with Crippen molar-refractivity contribution in [1.29, 1.82) is 0 Å². The number of aryl methyl sites for hydroxylation is 1. The average molecular weight is 913 g/mol. The molecule has 23 nitrogen and oxygen atoms in total. The molecule has 0 aliphatic carbocycles. The van der Waals surface area contributed by atoms with E-state index in [1.807, 2.05) is 0 Å². The van der Waals surface area contributed by atoms with E-state index in [2.05, 4.69) is 0 Å². The van der Waals surface area contributed by atoms with Crippen LogP contribution in [0.1, 0.15) is 17.4 Å². The minimum absolute atomic E-state index is 0.0431. The maximum Gasteiger partial charge on any atom is 0.336 e. The number of aliphatic hydroxyl groups excluding tert-OH is 11. The van der Waals surface area contributed by atoms with Crippen LogP contribution in [0.2, 0.25) is 0 Å². The molecule has 5 fully saturated rings. The third-order valence-corrected chi connectivity index (χ3v) is 11.9. The minimum atomic E-state index is -2.07. The summed E-state index contributed by atoms with van der Waals surface area (Å²) in [7, 11) is 0. The molecule has 1 aromatic heterocycles. The highest BCUT2D eigenvalue weighted by Crippen LogP contribution is 2.38. The molecule has 0 bridgehead atoms. The van der Waals surface area contributed by atoms with E-state index in [0.29, 0.717) is 16.5 Å². The molecule has 3 aromatic rings. The van der Waals surface area contributed by atoms with Gasteiger partial charge in [0.1, 0.15) is 109 Å². The lowest BCUT2D eigenvalue weighted by atomic mass is 9.95. The lowest BCUT2D eigenvalue weighted by Gasteiger charge is -2.50. The van der Waals surface area contributed by atoms with Gasteiger partial charge >= 0.3 is 5.63 Å².